The van der Waals surface area contributed by atoms with Gasteiger partial charge in [0.2, 0.25) is 0 Å². The molecule has 21 heavy (non-hydrogen) atoms. The molecule has 0 amide bonds. The molecular weight excluding hydrogens is 288 g/mol. The van der Waals surface area contributed by atoms with Crippen LogP contribution in [0.5, 0.6) is 0 Å². The first-order valence-electron chi connectivity index (χ1n) is 7.73. The Morgan fingerprint density at radius 3 is 2.57 bits per heavy atom. The van der Waals surface area contributed by atoms with Crippen molar-refractivity contribution in [1.29, 1.82) is 0 Å². The number of halogens is 1. The van der Waals surface area contributed by atoms with Gasteiger partial charge in [-0.05, 0) is 42.9 Å². The van der Waals surface area contributed by atoms with E-state index in [1.807, 2.05) is 6.07 Å². The number of nitro groups is 1. The van der Waals surface area contributed by atoms with Crippen LogP contribution < -0.4 is 5.32 Å². The van der Waals surface area contributed by atoms with E-state index in [1.54, 1.807) is 12.1 Å². The number of rotatable bonds is 6. The molecule has 4 nitrogen and oxygen atoms in total. The molecule has 0 saturated heterocycles. The second-order valence-corrected chi connectivity index (χ2v) is 6.38. The van der Waals surface area contributed by atoms with Crippen LogP contribution in [-0.4, -0.2) is 11.5 Å². The van der Waals surface area contributed by atoms with Crippen LogP contribution >= 0.6 is 11.6 Å². The Morgan fingerprint density at radius 2 is 1.95 bits per heavy atom. The maximum absolute atomic E-state index is 10.9. The summed E-state index contributed by atoms with van der Waals surface area (Å²) in [5.74, 6) is 1.66. The number of hydrogen-bond acceptors (Lipinski definition) is 3. The molecule has 0 aromatic heterocycles. The zero-order valence-electron chi connectivity index (χ0n) is 12.5. The second-order valence-electron chi connectivity index (χ2n) is 5.97. The van der Waals surface area contributed by atoms with Crippen LogP contribution in [0.2, 0.25) is 5.02 Å². The lowest BCUT2D eigenvalue weighted by atomic mass is 9.81. The van der Waals surface area contributed by atoms with Gasteiger partial charge in [-0.15, -0.1) is 0 Å². The SMILES string of the molecule is CCC1CCC(CNCc2ccc(Cl)c([N+](=O)[O-])c2)CC1. The van der Waals surface area contributed by atoms with Crippen LogP contribution in [0, 0.1) is 22.0 Å². The summed E-state index contributed by atoms with van der Waals surface area (Å²) in [6.45, 7) is 3.93. The highest BCUT2D eigenvalue weighted by Crippen LogP contribution is 2.30. The van der Waals surface area contributed by atoms with Gasteiger partial charge in [-0.1, -0.05) is 43.9 Å². The zero-order valence-corrected chi connectivity index (χ0v) is 13.2. The molecule has 2 rings (SSSR count). The normalized spacial score (nSPS) is 22.2. The van der Waals surface area contributed by atoms with Crippen LogP contribution in [0.4, 0.5) is 5.69 Å². The molecule has 0 bridgehead atoms. The maximum atomic E-state index is 10.9. The Morgan fingerprint density at radius 1 is 1.29 bits per heavy atom. The average Bonchev–Trinajstić information content (AvgIpc) is 2.49. The third-order valence-electron chi connectivity index (χ3n) is 4.51. The van der Waals surface area contributed by atoms with E-state index in [4.69, 9.17) is 11.6 Å². The first-order valence-corrected chi connectivity index (χ1v) is 8.11. The van der Waals surface area contributed by atoms with Gasteiger partial charge in [0.25, 0.3) is 5.69 Å². The van der Waals surface area contributed by atoms with Crippen molar-refractivity contribution in [1.82, 2.24) is 5.32 Å². The van der Waals surface area contributed by atoms with Crippen molar-refractivity contribution in [3.63, 3.8) is 0 Å². The smallest absolute Gasteiger partial charge is 0.288 e. The molecule has 0 aliphatic heterocycles. The molecule has 0 unspecified atom stereocenters. The van der Waals surface area contributed by atoms with Crippen LogP contribution in [0.25, 0.3) is 0 Å². The molecular formula is C16H23ClN2O2. The molecule has 0 spiro atoms. The number of hydrogen-bond donors (Lipinski definition) is 1. The number of benzene rings is 1. The van der Waals surface area contributed by atoms with Crippen LogP contribution in [0.1, 0.15) is 44.6 Å². The monoisotopic (exact) mass is 310 g/mol. The molecule has 1 saturated carbocycles. The van der Waals surface area contributed by atoms with Gasteiger partial charge in [0, 0.05) is 12.6 Å². The molecule has 1 fully saturated rings. The van der Waals surface area contributed by atoms with Crippen molar-refractivity contribution in [3.05, 3.63) is 38.9 Å². The molecule has 0 radical (unpaired) electrons. The van der Waals surface area contributed by atoms with Crippen LogP contribution in [-0.2, 0) is 6.54 Å². The van der Waals surface area contributed by atoms with E-state index in [0.717, 1.165) is 23.9 Å². The highest BCUT2D eigenvalue weighted by atomic mass is 35.5. The predicted octanol–water partition coefficient (Wildman–Crippen LogP) is 4.55. The van der Waals surface area contributed by atoms with Crippen molar-refractivity contribution >= 4 is 17.3 Å². The Balaban J connectivity index is 1.79. The number of nitrogens with one attached hydrogen (secondary N) is 1. The first kappa shape index (κ1) is 16.2. The molecule has 1 aromatic carbocycles. The lowest BCUT2D eigenvalue weighted by Gasteiger charge is -2.27. The minimum absolute atomic E-state index is 0.0144. The van der Waals surface area contributed by atoms with E-state index < -0.39 is 4.92 Å². The van der Waals surface area contributed by atoms with E-state index >= 15 is 0 Å². The molecule has 5 heteroatoms. The summed E-state index contributed by atoms with van der Waals surface area (Å²) in [4.78, 5) is 10.4. The van der Waals surface area contributed by atoms with Gasteiger partial charge >= 0.3 is 0 Å². The standard InChI is InChI=1S/C16H23ClN2O2/c1-2-12-3-5-13(6-4-12)10-18-11-14-7-8-15(17)16(9-14)19(20)21/h7-9,12-13,18H,2-6,10-11H2,1H3. The summed E-state index contributed by atoms with van der Waals surface area (Å²) in [7, 11) is 0. The van der Waals surface area contributed by atoms with Gasteiger partial charge in [0.05, 0.1) is 4.92 Å². The largest absolute Gasteiger partial charge is 0.312 e. The summed E-state index contributed by atoms with van der Waals surface area (Å²) < 4.78 is 0. The third kappa shape index (κ3) is 4.68. The maximum Gasteiger partial charge on any atom is 0.288 e. The lowest BCUT2D eigenvalue weighted by molar-refractivity contribution is -0.384. The fourth-order valence-electron chi connectivity index (χ4n) is 3.07. The van der Waals surface area contributed by atoms with E-state index in [9.17, 15) is 10.1 Å². The Hall–Kier alpha value is -1.13. The summed E-state index contributed by atoms with van der Waals surface area (Å²) in [5, 5.41) is 14.5. The van der Waals surface area contributed by atoms with Gasteiger partial charge in [0.1, 0.15) is 5.02 Å². The number of nitro benzene ring substituents is 1. The van der Waals surface area contributed by atoms with E-state index in [0.29, 0.717) is 6.54 Å². The zero-order chi connectivity index (χ0) is 15.2. The molecule has 1 aliphatic rings. The lowest BCUT2D eigenvalue weighted by Crippen LogP contribution is -2.26. The minimum Gasteiger partial charge on any atom is -0.312 e. The molecule has 1 N–H and O–H groups in total. The third-order valence-corrected chi connectivity index (χ3v) is 4.83. The fourth-order valence-corrected chi connectivity index (χ4v) is 3.26. The van der Waals surface area contributed by atoms with Crippen molar-refractivity contribution < 1.29 is 4.92 Å². The van der Waals surface area contributed by atoms with Gasteiger partial charge < -0.3 is 5.32 Å². The highest BCUT2D eigenvalue weighted by molar-refractivity contribution is 6.32. The molecule has 116 valence electrons. The fraction of sp³-hybridized carbons (Fsp3) is 0.625. The average molecular weight is 311 g/mol. The van der Waals surface area contributed by atoms with Crippen LogP contribution in [0.3, 0.4) is 0 Å². The van der Waals surface area contributed by atoms with Crippen molar-refractivity contribution in [3.8, 4) is 0 Å². The van der Waals surface area contributed by atoms with Crippen molar-refractivity contribution in [2.45, 2.75) is 45.6 Å². The summed E-state index contributed by atoms with van der Waals surface area (Å²) in [6, 6.07) is 5.00. The van der Waals surface area contributed by atoms with Crippen LogP contribution in [0.15, 0.2) is 18.2 Å². The predicted molar refractivity (Wildman–Crippen MR) is 85.6 cm³/mol. The molecule has 1 aliphatic carbocycles. The molecule has 0 heterocycles. The topological polar surface area (TPSA) is 55.2 Å². The quantitative estimate of drug-likeness (QED) is 0.619. The summed E-state index contributed by atoms with van der Waals surface area (Å²) in [6.07, 6.45) is 6.58. The highest BCUT2D eigenvalue weighted by Gasteiger charge is 2.19. The summed E-state index contributed by atoms with van der Waals surface area (Å²) >= 11 is 5.81. The van der Waals surface area contributed by atoms with Crippen molar-refractivity contribution in [2.24, 2.45) is 11.8 Å². The summed E-state index contributed by atoms with van der Waals surface area (Å²) in [5.41, 5.74) is 0.896. The number of nitrogens with zero attached hydrogens (tertiary/aromatic N) is 1. The van der Waals surface area contributed by atoms with E-state index in [1.165, 1.54) is 32.1 Å². The molecule has 0 atom stereocenters. The Kier molecular flexibility index (Phi) is 6.00. The minimum atomic E-state index is -0.433. The van der Waals surface area contributed by atoms with Gasteiger partial charge in [-0.25, -0.2) is 0 Å². The van der Waals surface area contributed by atoms with Gasteiger partial charge in [-0.3, -0.25) is 10.1 Å². The molecule has 1 aromatic rings. The first-order chi connectivity index (χ1) is 10.1. The van der Waals surface area contributed by atoms with Gasteiger partial charge in [-0.2, -0.15) is 0 Å². The van der Waals surface area contributed by atoms with E-state index in [2.05, 4.69) is 12.2 Å². The van der Waals surface area contributed by atoms with Crippen molar-refractivity contribution in [2.75, 3.05) is 6.54 Å². The Labute approximate surface area is 131 Å². The van der Waals surface area contributed by atoms with Gasteiger partial charge in [0.15, 0.2) is 0 Å². The Bertz CT molecular complexity index is 485. The van der Waals surface area contributed by atoms with E-state index in [-0.39, 0.29) is 10.7 Å². The second kappa shape index (κ2) is 7.76.